The number of amides is 2. The van der Waals surface area contributed by atoms with Gasteiger partial charge in [0.05, 0.1) is 5.39 Å². The van der Waals surface area contributed by atoms with Crippen LogP contribution in [0, 0.1) is 5.92 Å². The summed E-state index contributed by atoms with van der Waals surface area (Å²) in [5.41, 5.74) is 6.36. The van der Waals surface area contributed by atoms with E-state index in [-0.39, 0.29) is 0 Å². The van der Waals surface area contributed by atoms with Gasteiger partial charge in [-0.15, -0.1) is 11.3 Å². The summed E-state index contributed by atoms with van der Waals surface area (Å²) in [6, 6.07) is 12.0. The minimum absolute atomic E-state index is 0.393. The Balaban J connectivity index is 1.60. The van der Waals surface area contributed by atoms with E-state index in [0.717, 1.165) is 35.5 Å². The van der Waals surface area contributed by atoms with Gasteiger partial charge in [0.25, 0.3) is 0 Å². The van der Waals surface area contributed by atoms with Gasteiger partial charge >= 0.3 is 6.03 Å². The summed E-state index contributed by atoms with van der Waals surface area (Å²) in [6.45, 7) is 2.40. The second kappa shape index (κ2) is 6.68. The van der Waals surface area contributed by atoms with Crippen molar-refractivity contribution in [1.29, 1.82) is 0 Å². The lowest BCUT2D eigenvalue weighted by Gasteiger charge is -2.18. The van der Waals surface area contributed by atoms with Gasteiger partial charge in [0, 0.05) is 24.5 Å². The molecule has 3 heterocycles. The van der Waals surface area contributed by atoms with E-state index >= 15 is 0 Å². The number of benzene rings is 1. The minimum atomic E-state index is -0.465. The highest BCUT2D eigenvalue weighted by molar-refractivity contribution is 7.21. The van der Waals surface area contributed by atoms with Gasteiger partial charge in [0.15, 0.2) is 0 Å². The highest BCUT2D eigenvalue weighted by Gasteiger charge is 2.25. The molecule has 1 atom stereocenters. The van der Waals surface area contributed by atoms with Crippen molar-refractivity contribution in [2.45, 2.75) is 6.42 Å². The zero-order valence-electron chi connectivity index (χ0n) is 13.7. The van der Waals surface area contributed by atoms with Crippen molar-refractivity contribution in [3.63, 3.8) is 0 Å². The van der Waals surface area contributed by atoms with Crippen LogP contribution in [-0.2, 0) is 0 Å². The molecule has 1 saturated heterocycles. The molecule has 1 unspecified atom stereocenters. The highest BCUT2D eigenvalue weighted by Crippen LogP contribution is 2.37. The molecule has 1 aromatic carbocycles. The van der Waals surface area contributed by atoms with Crippen LogP contribution in [0.25, 0.3) is 20.7 Å². The van der Waals surface area contributed by atoms with Crippen LogP contribution in [0.2, 0.25) is 0 Å². The fourth-order valence-corrected chi connectivity index (χ4v) is 4.28. The van der Waals surface area contributed by atoms with Gasteiger partial charge < -0.3 is 16.0 Å². The van der Waals surface area contributed by atoms with Crippen molar-refractivity contribution >= 4 is 33.4 Å². The van der Waals surface area contributed by atoms with Crippen LogP contribution in [-0.4, -0.2) is 35.6 Å². The summed E-state index contributed by atoms with van der Waals surface area (Å²) >= 11 is 1.69. The molecule has 3 N–H and O–H groups in total. The van der Waals surface area contributed by atoms with Crippen molar-refractivity contribution in [2.75, 3.05) is 24.5 Å². The van der Waals surface area contributed by atoms with Crippen LogP contribution >= 0.6 is 11.3 Å². The van der Waals surface area contributed by atoms with Crippen LogP contribution in [0.1, 0.15) is 6.42 Å². The molecular formula is C18H19N5OS. The first-order valence-corrected chi connectivity index (χ1v) is 9.10. The second-order valence-electron chi connectivity index (χ2n) is 6.24. The van der Waals surface area contributed by atoms with Crippen LogP contribution in [0.15, 0.2) is 42.7 Å². The Morgan fingerprint density at radius 1 is 1.32 bits per heavy atom. The summed E-state index contributed by atoms with van der Waals surface area (Å²) in [5, 5.41) is 3.80. The summed E-state index contributed by atoms with van der Waals surface area (Å²) < 4.78 is 0. The number of carbonyl (C=O) groups excluding carboxylic acids is 1. The van der Waals surface area contributed by atoms with Crippen molar-refractivity contribution in [3.8, 4) is 10.4 Å². The fraction of sp³-hybridized carbons (Fsp3) is 0.278. The standard InChI is InChI=1S/C18H19N5OS/c19-18(24)20-9-12-6-7-23(10-12)16-14-8-15(13-4-2-1-3-5-13)25-17(14)22-11-21-16/h1-5,8,11-12H,6-7,9-10H2,(H3,19,20,24). The summed E-state index contributed by atoms with van der Waals surface area (Å²) in [6.07, 6.45) is 2.65. The molecule has 1 fully saturated rings. The van der Waals surface area contributed by atoms with Crippen LogP contribution in [0.5, 0.6) is 0 Å². The van der Waals surface area contributed by atoms with Gasteiger partial charge in [-0.05, 0) is 24.0 Å². The molecule has 1 aliphatic heterocycles. The van der Waals surface area contributed by atoms with Crippen molar-refractivity contribution in [1.82, 2.24) is 15.3 Å². The number of hydrogen-bond donors (Lipinski definition) is 2. The molecule has 0 bridgehead atoms. The Kier molecular flexibility index (Phi) is 4.23. The minimum Gasteiger partial charge on any atom is -0.356 e. The third-order valence-corrected chi connectivity index (χ3v) is 5.61. The zero-order valence-corrected chi connectivity index (χ0v) is 14.5. The number of carbonyl (C=O) groups is 1. The van der Waals surface area contributed by atoms with Gasteiger partial charge in [0.2, 0.25) is 0 Å². The predicted octanol–water partition coefficient (Wildman–Crippen LogP) is 2.85. The first-order chi connectivity index (χ1) is 12.2. The van der Waals surface area contributed by atoms with Crippen molar-refractivity contribution < 1.29 is 4.79 Å². The summed E-state index contributed by atoms with van der Waals surface area (Å²) in [4.78, 5) is 24.4. The Bertz CT molecular complexity index is 895. The molecule has 4 rings (SSSR count). The van der Waals surface area contributed by atoms with E-state index in [1.165, 1.54) is 10.4 Å². The molecule has 1 aliphatic rings. The van der Waals surface area contributed by atoms with E-state index in [1.54, 1.807) is 17.7 Å². The van der Waals surface area contributed by atoms with E-state index in [1.807, 2.05) is 18.2 Å². The van der Waals surface area contributed by atoms with Crippen LogP contribution in [0.3, 0.4) is 0 Å². The largest absolute Gasteiger partial charge is 0.356 e. The third kappa shape index (κ3) is 3.28. The maximum absolute atomic E-state index is 10.9. The maximum atomic E-state index is 10.9. The van der Waals surface area contributed by atoms with Crippen LogP contribution < -0.4 is 16.0 Å². The maximum Gasteiger partial charge on any atom is 0.312 e. The fourth-order valence-electron chi connectivity index (χ4n) is 3.28. The quantitative estimate of drug-likeness (QED) is 0.755. The molecular weight excluding hydrogens is 334 g/mol. The van der Waals surface area contributed by atoms with Gasteiger partial charge in [0.1, 0.15) is 17.0 Å². The Labute approximate surface area is 149 Å². The molecule has 2 amide bonds. The smallest absolute Gasteiger partial charge is 0.312 e. The van der Waals surface area contributed by atoms with Crippen molar-refractivity contribution in [2.24, 2.45) is 11.7 Å². The molecule has 128 valence electrons. The topological polar surface area (TPSA) is 84.1 Å². The number of urea groups is 1. The Morgan fingerprint density at radius 3 is 2.96 bits per heavy atom. The van der Waals surface area contributed by atoms with E-state index in [2.05, 4.69) is 38.4 Å². The van der Waals surface area contributed by atoms with E-state index < -0.39 is 6.03 Å². The number of rotatable bonds is 4. The number of hydrogen-bond acceptors (Lipinski definition) is 5. The molecule has 25 heavy (non-hydrogen) atoms. The monoisotopic (exact) mass is 353 g/mol. The number of fused-ring (bicyclic) bond motifs is 1. The molecule has 0 aliphatic carbocycles. The van der Waals surface area contributed by atoms with Gasteiger partial charge in [-0.1, -0.05) is 30.3 Å². The van der Waals surface area contributed by atoms with E-state index in [0.29, 0.717) is 12.5 Å². The molecule has 0 radical (unpaired) electrons. The average Bonchev–Trinajstić information content (AvgIpc) is 3.27. The second-order valence-corrected chi connectivity index (χ2v) is 7.27. The van der Waals surface area contributed by atoms with Gasteiger partial charge in [-0.25, -0.2) is 14.8 Å². The summed E-state index contributed by atoms with van der Waals surface area (Å²) in [5.74, 6) is 1.37. The summed E-state index contributed by atoms with van der Waals surface area (Å²) in [7, 11) is 0. The predicted molar refractivity (Wildman–Crippen MR) is 101 cm³/mol. The molecule has 2 aromatic heterocycles. The number of aromatic nitrogens is 2. The first kappa shape index (κ1) is 15.8. The number of thiophene rings is 1. The normalized spacial score (nSPS) is 17.1. The Hall–Kier alpha value is -2.67. The number of nitrogens with zero attached hydrogens (tertiary/aromatic N) is 3. The molecule has 3 aromatic rings. The third-order valence-electron chi connectivity index (χ3n) is 4.52. The van der Waals surface area contributed by atoms with Gasteiger partial charge in [-0.2, -0.15) is 0 Å². The lowest BCUT2D eigenvalue weighted by molar-refractivity contribution is 0.247. The number of nitrogens with two attached hydrogens (primary N) is 1. The number of nitrogens with one attached hydrogen (secondary N) is 1. The lowest BCUT2D eigenvalue weighted by Crippen LogP contribution is -2.34. The van der Waals surface area contributed by atoms with Crippen molar-refractivity contribution in [3.05, 3.63) is 42.7 Å². The molecule has 0 saturated carbocycles. The SMILES string of the molecule is NC(=O)NCC1CCN(c2ncnc3sc(-c4ccccc4)cc23)C1. The molecule has 7 heteroatoms. The molecule has 0 spiro atoms. The highest BCUT2D eigenvalue weighted by atomic mass is 32.1. The zero-order chi connectivity index (χ0) is 17.2. The van der Waals surface area contributed by atoms with Crippen LogP contribution in [0.4, 0.5) is 10.6 Å². The van der Waals surface area contributed by atoms with E-state index in [4.69, 9.17) is 5.73 Å². The molecule has 6 nitrogen and oxygen atoms in total. The number of anilines is 1. The first-order valence-electron chi connectivity index (χ1n) is 8.29. The van der Waals surface area contributed by atoms with Gasteiger partial charge in [-0.3, -0.25) is 0 Å². The van der Waals surface area contributed by atoms with E-state index in [9.17, 15) is 4.79 Å². The number of primary amides is 1. The Morgan fingerprint density at radius 2 is 2.16 bits per heavy atom. The lowest BCUT2D eigenvalue weighted by atomic mass is 10.1. The average molecular weight is 353 g/mol.